The van der Waals surface area contributed by atoms with Crippen LogP contribution in [0.3, 0.4) is 0 Å². The van der Waals surface area contributed by atoms with Crippen LogP contribution in [0.25, 0.3) is 0 Å². The highest BCUT2D eigenvalue weighted by atomic mass is 16.6. The molecule has 0 aromatic carbocycles. The third-order valence-corrected chi connectivity index (χ3v) is 12.9. The van der Waals surface area contributed by atoms with E-state index in [9.17, 15) is 14.4 Å². The lowest BCUT2D eigenvalue weighted by Gasteiger charge is -2.18. The number of ether oxygens (including phenoxy) is 3. The summed E-state index contributed by atoms with van der Waals surface area (Å²) in [5.74, 6) is -0.910. The molecular formula is C65H112O6. The molecule has 0 heterocycles. The van der Waals surface area contributed by atoms with E-state index in [4.69, 9.17) is 14.2 Å². The van der Waals surface area contributed by atoms with E-state index >= 15 is 0 Å². The van der Waals surface area contributed by atoms with E-state index in [1.54, 1.807) is 0 Å². The van der Waals surface area contributed by atoms with Crippen molar-refractivity contribution in [3.8, 4) is 0 Å². The van der Waals surface area contributed by atoms with Crippen molar-refractivity contribution < 1.29 is 28.6 Å². The van der Waals surface area contributed by atoms with Gasteiger partial charge in [0.2, 0.25) is 0 Å². The Morgan fingerprint density at radius 1 is 0.296 bits per heavy atom. The van der Waals surface area contributed by atoms with Gasteiger partial charge in [-0.25, -0.2) is 0 Å². The molecule has 0 fully saturated rings. The summed E-state index contributed by atoms with van der Waals surface area (Å²) in [5, 5.41) is 0. The van der Waals surface area contributed by atoms with Crippen molar-refractivity contribution in [2.24, 2.45) is 0 Å². The molecule has 0 radical (unpaired) electrons. The molecule has 0 bridgehead atoms. The number of esters is 3. The van der Waals surface area contributed by atoms with Gasteiger partial charge in [0, 0.05) is 19.3 Å². The maximum atomic E-state index is 12.9. The molecule has 0 spiro atoms. The number of carbonyl (C=O) groups is 3. The van der Waals surface area contributed by atoms with Crippen molar-refractivity contribution in [3.05, 3.63) is 85.1 Å². The van der Waals surface area contributed by atoms with Crippen LogP contribution >= 0.6 is 0 Å². The first-order chi connectivity index (χ1) is 35.0. The van der Waals surface area contributed by atoms with Crippen LogP contribution in [0.1, 0.15) is 290 Å². The van der Waals surface area contributed by atoms with Crippen molar-refractivity contribution in [2.45, 2.75) is 297 Å². The first-order valence-corrected chi connectivity index (χ1v) is 30.1. The van der Waals surface area contributed by atoms with Crippen LogP contribution < -0.4 is 0 Å². The highest BCUT2D eigenvalue weighted by Crippen LogP contribution is 2.16. The van der Waals surface area contributed by atoms with Crippen LogP contribution in [0, 0.1) is 0 Å². The normalized spacial score (nSPS) is 12.7. The molecule has 0 aliphatic rings. The molecule has 6 heteroatoms. The quantitative estimate of drug-likeness (QED) is 0.0261. The second-order valence-corrected chi connectivity index (χ2v) is 19.9. The molecule has 0 aromatic rings. The molecular weight excluding hydrogens is 877 g/mol. The molecule has 0 aromatic heterocycles. The molecule has 6 nitrogen and oxygen atoms in total. The summed E-state index contributed by atoms with van der Waals surface area (Å²) in [6.07, 6.45) is 77.2. The van der Waals surface area contributed by atoms with Gasteiger partial charge >= 0.3 is 17.9 Å². The van der Waals surface area contributed by atoms with Gasteiger partial charge in [-0.1, -0.05) is 266 Å². The number of rotatable bonds is 54. The molecule has 0 saturated carbocycles. The molecule has 71 heavy (non-hydrogen) atoms. The molecule has 0 amide bonds. The van der Waals surface area contributed by atoms with Gasteiger partial charge in [0.15, 0.2) is 6.10 Å². The molecule has 0 N–H and O–H groups in total. The standard InChI is InChI=1S/C65H112O6/c1-4-7-10-13-16-19-22-25-27-29-31-32-34-35-37-40-43-46-49-52-55-58-64(67)70-61-62(60-69-63(66)57-54-51-48-45-42-39-24-21-18-15-12-9-6-3)71-65(68)59-56-53-50-47-44-41-38-36-33-30-28-26-23-20-17-14-11-8-5-2/h7,10,12,15-16,19,21,24-25,27,31-32,35,37,62H,4-6,8-9,11,13-14,17-18,20,22-23,26,28-30,33-34,36,38-61H2,1-3H3/b10-7-,15-12-,19-16-,24-21-,27-25-,32-31-,37-35-. The minimum atomic E-state index is -0.790. The van der Waals surface area contributed by atoms with Gasteiger partial charge in [0.1, 0.15) is 13.2 Å². The number of carbonyl (C=O) groups excluding carboxylic acids is 3. The summed E-state index contributed by atoms with van der Waals surface area (Å²) in [6, 6.07) is 0. The summed E-state index contributed by atoms with van der Waals surface area (Å²) in [7, 11) is 0. The molecule has 0 saturated heterocycles. The number of hydrogen-bond acceptors (Lipinski definition) is 6. The van der Waals surface area contributed by atoms with Gasteiger partial charge in [-0.15, -0.1) is 0 Å². The van der Waals surface area contributed by atoms with E-state index in [0.717, 1.165) is 141 Å². The minimum absolute atomic E-state index is 0.0884. The van der Waals surface area contributed by atoms with Crippen LogP contribution in [0.2, 0.25) is 0 Å². The zero-order chi connectivity index (χ0) is 51.4. The van der Waals surface area contributed by atoms with Gasteiger partial charge in [-0.2, -0.15) is 0 Å². The Morgan fingerprint density at radius 3 is 0.915 bits per heavy atom. The summed E-state index contributed by atoms with van der Waals surface area (Å²) < 4.78 is 16.9. The molecule has 0 rings (SSSR count). The number of allylic oxidation sites excluding steroid dienone is 14. The second-order valence-electron chi connectivity index (χ2n) is 19.9. The van der Waals surface area contributed by atoms with E-state index < -0.39 is 6.10 Å². The van der Waals surface area contributed by atoms with Gasteiger partial charge in [0.25, 0.3) is 0 Å². The highest BCUT2D eigenvalue weighted by Gasteiger charge is 2.19. The largest absolute Gasteiger partial charge is 0.462 e. The Kier molecular flexibility index (Phi) is 56.3. The maximum absolute atomic E-state index is 12.9. The first kappa shape index (κ1) is 67.6. The van der Waals surface area contributed by atoms with Crippen LogP contribution in [-0.4, -0.2) is 37.2 Å². The van der Waals surface area contributed by atoms with Crippen LogP contribution in [0.15, 0.2) is 85.1 Å². The Balaban J connectivity index is 4.39. The maximum Gasteiger partial charge on any atom is 0.306 e. The molecule has 0 aliphatic heterocycles. The van der Waals surface area contributed by atoms with E-state index in [1.807, 2.05) is 0 Å². The lowest BCUT2D eigenvalue weighted by molar-refractivity contribution is -0.167. The van der Waals surface area contributed by atoms with E-state index in [1.165, 1.54) is 109 Å². The zero-order valence-corrected chi connectivity index (χ0v) is 46.7. The highest BCUT2D eigenvalue weighted by molar-refractivity contribution is 5.71. The van der Waals surface area contributed by atoms with Gasteiger partial charge < -0.3 is 14.2 Å². The summed E-state index contributed by atoms with van der Waals surface area (Å²) in [6.45, 7) is 6.46. The average molecular weight is 990 g/mol. The third kappa shape index (κ3) is 57.4. The predicted molar refractivity (Wildman–Crippen MR) is 307 cm³/mol. The van der Waals surface area contributed by atoms with Crippen molar-refractivity contribution >= 4 is 17.9 Å². The Morgan fingerprint density at radius 2 is 0.577 bits per heavy atom. The smallest absolute Gasteiger partial charge is 0.306 e. The number of hydrogen-bond donors (Lipinski definition) is 0. The fraction of sp³-hybridized carbons (Fsp3) is 0.738. The van der Waals surface area contributed by atoms with Gasteiger partial charge in [0.05, 0.1) is 0 Å². The van der Waals surface area contributed by atoms with E-state index in [-0.39, 0.29) is 31.1 Å². The Labute approximate surface area is 439 Å². The molecule has 1 unspecified atom stereocenters. The fourth-order valence-electron chi connectivity index (χ4n) is 8.39. The summed E-state index contributed by atoms with van der Waals surface area (Å²) in [5.41, 5.74) is 0. The lowest BCUT2D eigenvalue weighted by atomic mass is 10.0. The van der Waals surface area contributed by atoms with Crippen LogP contribution in [0.5, 0.6) is 0 Å². The predicted octanol–water partition coefficient (Wildman–Crippen LogP) is 20.3. The summed E-state index contributed by atoms with van der Waals surface area (Å²) in [4.78, 5) is 38.2. The minimum Gasteiger partial charge on any atom is -0.462 e. The van der Waals surface area contributed by atoms with Crippen molar-refractivity contribution in [1.82, 2.24) is 0 Å². The zero-order valence-electron chi connectivity index (χ0n) is 46.7. The molecule has 0 aliphatic carbocycles. The number of unbranched alkanes of at least 4 members (excludes halogenated alkanes) is 29. The fourth-order valence-corrected chi connectivity index (χ4v) is 8.39. The molecule has 408 valence electrons. The monoisotopic (exact) mass is 989 g/mol. The third-order valence-electron chi connectivity index (χ3n) is 12.9. The topological polar surface area (TPSA) is 78.9 Å². The van der Waals surface area contributed by atoms with E-state index in [0.29, 0.717) is 19.3 Å². The van der Waals surface area contributed by atoms with E-state index in [2.05, 4.69) is 106 Å². The SMILES string of the molecule is CC/C=C\C/C=C\C/C=C\C/C=C\C/C=C\CCCCCCCC(=O)OCC(COC(=O)CCCCCCC/C=C\C/C=C\CCC)OC(=O)CCCCCCCCCCCCCCCCCCCCC. The first-order valence-electron chi connectivity index (χ1n) is 30.1. The van der Waals surface area contributed by atoms with Crippen LogP contribution in [0.4, 0.5) is 0 Å². The Hall–Kier alpha value is -3.41. The van der Waals surface area contributed by atoms with Gasteiger partial charge in [-0.05, 0) is 89.9 Å². The van der Waals surface area contributed by atoms with Crippen LogP contribution in [-0.2, 0) is 28.6 Å². The van der Waals surface area contributed by atoms with Gasteiger partial charge in [-0.3, -0.25) is 14.4 Å². The Bertz CT molecular complexity index is 1370. The van der Waals surface area contributed by atoms with Crippen molar-refractivity contribution in [1.29, 1.82) is 0 Å². The lowest BCUT2D eigenvalue weighted by Crippen LogP contribution is -2.30. The average Bonchev–Trinajstić information content (AvgIpc) is 3.37. The summed E-state index contributed by atoms with van der Waals surface area (Å²) >= 11 is 0. The van der Waals surface area contributed by atoms with Crippen molar-refractivity contribution in [2.75, 3.05) is 13.2 Å². The second kappa shape index (κ2) is 59.2. The van der Waals surface area contributed by atoms with Crippen molar-refractivity contribution in [3.63, 3.8) is 0 Å². The molecule has 1 atom stereocenters.